The lowest BCUT2D eigenvalue weighted by Crippen LogP contribution is -1.94. The van der Waals surface area contributed by atoms with Crippen LogP contribution < -0.4 is 0 Å². The van der Waals surface area contributed by atoms with Gasteiger partial charge in [-0.2, -0.15) is 0 Å². The topological polar surface area (TPSA) is 17.1 Å². The first kappa shape index (κ1) is 12.4. The molecule has 2 rings (SSSR count). The number of carbonyl (C=O) groups excluding carboxylic acids is 1. The van der Waals surface area contributed by atoms with E-state index in [4.69, 9.17) is 0 Å². The fourth-order valence-corrected chi connectivity index (χ4v) is 1.68. The van der Waals surface area contributed by atoms with Crippen molar-refractivity contribution < 1.29 is 18.0 Å². The Morgan fingerprint density at radius 1 is 0.889 bits per heavy atom. The lowest BCUT2D eigenvalue weighted by Gasteiger charge is -2.07. The second kappa shape index (κ2) is 4.64. The molecule has 0 atom stereocenters. The SMILES string of the molecule is Cc1cc(F)c(-c2cc(C=O)ccc2F)cc1F. The van der Waals surface area contributed by atoms with Gasteiger partial charge in [0.1, 0.15) is 23.7 Å². The molecule has 2 aromatic carbocycles. The predicted molar refractivity (Wildman–Crippen MR) is 61.9 cm³/mol. The highest BCUT2D eigenvalue weighted by Crippen LogP contribution is 2.28. The number of hydrogen-bond acceptors (Lipinski definition) is 1. The van der Waals surface area contributed by atoms with Crippen molar-refractivity contribution in [2.24, 2.45) is 0 Å². The summed E-state index contributed by atoms with van der Waals surface area (Å²) in [5.41, 5.74) is 0.0188. The van der Waals surface area contributed by atoms with Gasteiger partial charge in [-0.25, -0.2) is 13.2 Å². The van der Waals surface area contributed by atoms with Crippen LogP contribution in [-0.2, 0) is 0 Å². The minimum absolute atomic E-state index is 0.129. The average molecular weight is 250 g/mol. The average Bonchev–Trinajstić information content (AvgIpc) is 2.35. The van der Waals surface area contributed by atoms with E-state index in [9.17, 15) is 18.0 Å². The zero-order valence-electron chi connectivity index (χ0n) is 9.51. The molecule has 18 heavy (non-hydrogen) atoms. The largest absolute Gasteiger partial charge is 0.298 e. The van der Waals surface area contributed by atoms with Crippen molar-refractivity contribution in [2.45, 2.75) is 6.92 Å². The Labute approximate surface area is 102 Å². The van der Waals surface area contributed by atoms with Crippen molar-refractivity contribution in [1.29, 1.82) is 0 Å². The molecule has 1 nitrogen and oxygen atoms in total. The normalized spacial score (nSPS) is 10.4. The van der Waals surface area contributed by atoms with E-state index in [2.05, 4.69) is 0 Å². The third-order valence-corrected chi connectivity index (χ3v) is 2.66. The molecule has 2 aromatic rings. The molecule has 0 unspecified atom stereocenters. The molecule has 92 valence electrons. The minimum atomic E-state index is -0.726. The second-order valence-electron chi connectivity index (χ2n) is 3.94. The lowest BCUT2D eigenvalue weighted by atomic mass is 10.0. The van der Waals surface area contributed by atoms with Crippen LogP contribution in [0.2, 0.25) is 0 Å². The molecule has 0 aliphatic carbocycles. The summed E-state index contributed by atoms with van der Waals surface area (Å²) in [7, 11) is 0. The Morgan fingerprint density at radius 2 is 1.56 bits per heavy atom. The van der Waals surface area contributed by atoms with E-state index in [-0.39, 0.29) is 22.3 Å². The number of hydrogen-bond donors (Lipinski definition) is 0. The number of aryl methyl sites for hydroxylation is 1. The predicted octanol–water partition coefficient (Wildman–Crippen LogP) is 3.89. The third-order valence-electron chi connectivity index (χ3n) is 2.66. The van der Waals surface area contributed by atoms with Gasteiger partial charge in [-0.15, -0.1) is 0 Å². The van der Waals surface area contributed by atoms with Gasteiger partial charge < -0.3 is 0 Å². The fourth-order valence-electron chi connectivity index (χ4n) is 1.68. The Hall–Kier alpha value is -2.10. The summed E-state index contributed by atoms with van der Waals surface area (Å²) >= 11 is 0. The Morgan fingerprint density at radius 3 is 2.22 bits per heavy atom. The first-order chi connectivity index (χ1) is 8.52. The first-order valence-electron chi connectivity index (χ1n) is 5.23. The summed E-state index contributed by atoms with van der Waals surface area (Å²) in [4.78, 5) is 10.6. The van der Waals surface area contributed by atoms with Gasteiger partial charge in [0, 0.05) is 16.7 Å². The maximum Gasteiger partial charge on any atom is 0.150 e. The summed E-state index contributed by atoms with van der Waals surface area (Å²) in [6, 6.07) is 5.44. The van der Waals surface area contributed by atoms with Gasteiger partial charge in [-0.3, -0.25) is 4.79 Å². The highest BCUT2D eigenvalue weighted by atomic mass is 19.1. The van der Waals surface area contributed by atoms with Crippen LogP contribution in [0.15, 0.2) is 30.3 Å². The van der Waals surface area contributed by atoms with Crippen molar-refractivity contribution in [3.05, 3.63) is 58.9 Å². The standard InChI is InChI=1S/C14H9F3O/c1-8-4-14(17)11(6-13(8)16)10-5-9(7-18)2-3-12(10)15/h2-7H,1H3. The molecule has 0 amide bonds. The maximum atomic E-state index is 13.7. The number of benzene rings is 2. The summed E-state index contributed by atoms with van der Waals surface area (Å²) < 4.78 is 40.7. The molecule has 0 aliphatic rings. The molecule has 4 heteroatoms. The first-order valence-corrected chi connectivity index (χ1v) is 5.23. The van der Waals surface area contributed by atoms with Gasteiger partial charge in [0.05, 0.1) is 0 Å². The van der Waals surface area contributed by atoms with E-state index in [1.54, 1.807) is 0 Å². The molecule has 0 aliphatic heterocycles. The number of halogens is 3. The zero-order chi connectivity index (χ0) is 13.3. The van der Waals surface area contributed by atoms with Crippen molar-refractivity contribution >= 4 is 6.29 Å². The molecule has 0 aromatic heterocycles. The molecule has 0 N–H and O–H groups in total. The lowest BCUT2D eigenvalue weighted by molar-refractivity contribution is 0.112. The fraction of sp³-hybridized carbons (Fsp3) is 0.0714. The minimum Gasteiger partial charge on any atom is -0.298 e. The van der Waals surface area contributed by atoms with E-state index in [0.717, 1.165) is 18.2 Å². The van der Waals surface area contributed by atoms with Gasteiger partial charge in [-0.05, 0) is 42.8 Å². The van der Waals surface area contributed by atoms with Crippen molar-refractivity contribution in [1.82, 2.24) is 0 Å². The number of aldehydes is 1. The van der Waals surface area contributed by atoms with E-state index < -0.39 is 17.5 Å². The van der Waals surface area contributed by atoms with Crippen LogP contribution in [-0.4, -0.2) is 6.29 Å². The monoisotopic (exact) mass is 250 g/mol. The smallest absolute Gasteiger partial charge is 0.150 e. The molecular formula is C14H9F3O. The van der Waals surface area contributed by atoms with Crippen LogP contribution >= 0.6 is 0 Å². The van der Waals surface area contributed by atoms with Gasteiger partial charge in [0.15, 0.2) is 0 Å². The summed E-state index contributed by atoms with van der Waals surface area (Å²) in [5.74, 6) is -2.05. The van der Waals surface area contributed by atoms with Crippen LogP contribution in [0.25, 0.3) is 11.1 Å². The van der Waals surface area contributed by atoms with E-state index in [1.165, 1.54) is 19.1 Å². The summed E-state index contributed by atoms with van der Waals surface area (Å²) in [6.45, 7) is 1.42. The Balaban J connectivity index is 2.68. The van der Waals surface area contributed by atoms with Crippen LogP contribution in [0.5, 0.6) is 0 Å². The molecule has 0 bridgehead atoms. The Kier molecular flexibility index (Phi) is 3.19. The van der Waals surface area contributed by atoms with Crippen molar-refractivity contribution in [3.8, 4) is 11.1 Å². The highest BCUT2D eigenvalue weighted by Gasteiger charge is 2.13. The molecule has 0 saturated carbocycles. The van der Waals surface area contributed by atoms with Crippen molar-refractivity contribution in [3.63, 3.8) is 0 Å². The molecule has 0 heterocycles. The third kappa shape index (κ3) is 2.14. The van der Waals surface area contributed by atoms with Gasteiger partial charge in [0.2, 0.25) is 0 Å². The van der Waals surface area contributed by atoms with Crippen molar-refractivity contribution in [2.75, 3.05) is 0 Å². The van der Waals surface area contributed by atoms with Crippen LogP contribution in [0.3, 0.4) is 0 Å². The second-order valence-corrected chi connectivity index (χ2v) is 3.94. The molecule has 0 radical (unpaired) electrons. The molecular weight excluding hydrogens is 241 g/mol. The van der Waals surface area contributed by atoms with E-state index >= 15 is 0 Å². The Bertz CT molecular complexity index is 621. The van der Waals surface area contributed by atoms with E-state index in [0.29, 0.717) is 6.29 Å². The number of carbonyl (C=O) groups is 1. The number of rotatable bonds is 2. The van der Waals surface area contributed by atoms with Crippen LogP contribution in [0.1, 0.15) is 15.9 Å². The van der Waals surface area contributed by atoms with Crippen LogP contribution in [0.4, 0.5) is 13.2 Å². The maximum absolute atomic E-state index is 13.7. The quantitative estimate of drug-likeness (QED) is 0.739. The molecule has 0 fully saturated rings. The summed E-state index contributed by atoms with van der Waals surface area (Å²) in [6.07, 6.45) is 0.519. The zero-order valence-corrected chi connectivity index (χ0v) is 9.51. The molecule has 0 saturated heterocycles. The highest BCUT2D eigenvalue weighted by molar-refractivity contribution is 5.79. The van der Waals surface area contributed by atoms with Gasteiger partial charge in [-0.1, -0.05) is 0 Å². The van der Waals surface area contributed by atoms with Crippen LogP contribution in [0, 0.1) is 24.4 Å². The molecule has 0 spiro atoms. The van der Waals surface area contributed by atoms with E-state index in [1.807, 2.05) is 0 Å². The van der Waals surface area contributed by atoms with Gasteiger partial charge >= 0.3 is 0 Å². The van der Waals surface area contributed by atoms with Gasteiger partial charge in [0.25, 0.3) is 0 Å². The summed E-state index contributed by atoms with van der Waals surface area (Å²) in [5, 5.41) is 0.